The van der Waals surface area contributed by atoms with Gasteiger partial charge in [-0.25, -0.2) is 8.42 Å². The zero-order valence-electron chi connectivity index (χ0n) is 9.78. The van der Waals surface area contributed by atoms with Crippen LogP contribution in [0.4, 0.5) is 5.69 Å². The smallest absolute Gasteiger partial charge is 0.239 e. The van der Waals surface area contributed by atoms with Crippen LogP contribution in [0.5, 0.6) is 0 Å². The minimum Gasteiger partial charge on any atom is -0.324 e. The summed E-state index contributed by atoms with van der Waals surface area (Å²) in [7, 11) is -2.08. The van der Waals surface area contributed by atoms with Crippen molar-refractivity contribution in [2.75, 3.05) is 25.2 Å². The summed E-state index contributed by atoms with van der Waals surface area (Å²) in [5.74, 6) is -0.493. The number of nitrogens with zero attached hydrogens (tertiary/aromatic N) is 1. The number of carbonyl (C=O) groups is 1. The van der Waals surface area contributed by atoms with Gasteiger partial charge in [0.05, 0.1) is 28.5 Å². The van der Waals surface area contributed by atoms with E-state index in [0.29, 0.717) is 10.7 Å². The number of rotatable bonds is 4. The van der Waals surface area contributed by atoms with Gasteiger partial charge in [-0.05, 0) is 12.1 Å². The number of hydrogen-bond donors (Lipinski definition) is 1. The minimum absolute atomic E-state index is 0.217. The third-order valence-electron chi connectivity index (χ3n) is 2.16. The fraction of sp³-hybridized carbons (Fsp3) is 0.300. The first-order valence-electron chi connectivity index (χ1n) is 4.87. The topological polar surface area (TPSA) is 66.5 Å². The number of likely N-dealkylation sites (N-methyl/N-ethyl adjacent to an activating group) is 1. The molecule has 0 bridgehead atoms. The van der Waals surface area contributed by atoms with Crippen molar-refractivity contribution in [1.82, 2.24) is 4.31 Å². The highest BCUT2D eigenvalue weighted by molar-refractivity contribution is 7.88. The molecule has 0 aliphatic heterocycles. The molecule has 18 heavy (non-hydrogen) atoms. The van der Waals surface area contributed by atoms with E-state index >= 15 is 0 Å². The number of sulfonamides is 1. The monoisotopic (exact) mass is 310 g/mol. The Balaban J connectivity index is 2.74. The molecule has 5 nitrogen and oxygen atoms in total. The zero-order chi connectivity index (χ0) is 13.9. The fourth-order valence-corrected chi connectivity index (χ4v) is 1.81. The standard InChI is InChI=1S/C10H12Cl2N2O3S/c1-14(18(2,16)17)6-9(15)13-8-5-3-4-7(11)10(8)12/h3-5H,6H2,1-2H3,(H,13,15). The molecule has 1 aromatic carbocycles. The first-order chi connectivity index (χ1) is 8.21. The summed E-state index contributed by atoms with van der Waals surface area (Å²) in [5, 5.41) is 3.02. The van der Waals surface area contributed by atoms with Crippen LogP contribution in [0.3, 0.4) is 0 Å². The number of anilines is 1. The Bertz CT molecular complexity index is 560. The van der Waals surface area contributed by atoms with E-state index in [9.17, 15) is 13.2 Å². The van der Waals surface area contributed by atoms with Crippen LogP contribution in [-0.2, 0) is 14.8 Å². The molecule has 1 rings (SSSR count). The van der Waals surface area contributed by atoms with E-state index in [1.54, 1.807) is 18.2 Å². The van der Waals surface area contributed by atoms with Crippen molar-refractivity contribution in [3.63, 3.8) is 0 Å². The van der Waals surface area contributed by atoms with E-state index in [2.05, 4.69) is 5.32 Å². The lowest BCUT2D eigenvalue weighted by Gasteiger charge is -2.14. The molecule has 1 amide bonds. The Morgan fingerprint density at radius 3 is 2.56 bits per heavy atom. The Hall–Kier alpha value is -0.820. The summed E-state index contributed by atoms with van der Waals surface area (Å²) in [6.45, 7) is -0.290. The molecule has 8 heteroatoms. The van der Waals surface area contributed by atoms with Crippen LogP contribution < -0.4 is 5.32 Å². The lowest BCUT2D eigenvalue weighted by Crippen LogP contribution is -2.34. The third-order valence-corrected chi connectivity index (χ3v) is 4.24. The molecule has 0 atom stereocenters. The van der Waals surface area contributed by atoms with Crippen molar-refractivity contribution in [1.29, 1.82) is 0 Å². The van der Waals surface area contributed by atoms with Gasteiger partial charge in [0.15, 0.2) is 0 Å². The summed E-state index contributed by atoms with van der Waals surface area (Å²) >= 11 is 11.7. The molecule has 0 radical (unpaired) electrons. The van der Waals surface area contributed by atoms with Gasteiger partial charge in [0.1, 0.15) is 0 Å². The van der Waals surface area contributed by atoms with Crippen LogP contribution in [0.1, 0.15) is 0 Å². The van der Waals surface area contributed by atoms with Gasteiger partial charge in [0.25, 0.3) is 0 Å². The Labute approximate surface area is 116 Å². The van der Waals surface area contributed by atoms with Gasteiger partial charge in [-0.1, -0.05) is 29.3 Å². The van der Waals surface area contributed by atoms with Crippen molar-refractivity contribution < 1.29 is 13.2 Å². The van der Waals surface area contributed by atoms with Gasteiger partial charge in [0, 0.05) is 7.05 Å². The quantitative estimate of drug-likeness (QED) is 0.922. The Morgan fingerprint density at radius 1 is 1.39 bits per heavy atom. The van der Waals surface area contributed by atoms with Gasteiger partial charge in [0.2, 0.25) is 15.9 Å². The maximum atomic E-state index is 11.6. The maximum Gasteiger partial charge on any atom is 0.239 e. The Morgan fingerprint density at radius 2 is 2.00 bits per heavy atom. The van der Waals surface area contributed by atoms with Crippen LogP contribution in [0.25, 0.3) is 0 Å². The normalized spacial score (nSPS) is 11.6. The van der Waals surface area contributed by atoms with E-state index < -0.39 is 15.9 Å². The number of halogens is 2. The van der Waals surface area contributed by atoms with E-state index in [1.165, 1.54) is 7.05 Å². The number of amides is 1. The highest BCUT2D eigenvalue weighted by Crippen LogP contribution is 2.29. The molecule has 0 fully saturated rings. The second kappa shape index (κ2) is 5.88. The van der Waals surface area contributed by atoms with Gasteiger partial charge >= 0.3 is 0 Å². The van der Waals surface area contributed by atoms with Crippen molar-refractivity contribution in [2.45, 2.75) is 0 Å². The molecule has 1 aromatic rings. The lowest BCUT2D eigenvalue weighted by molar-refractivity contribution is -0.116. The van der Waals surface area contributed by atoms with Crippen LogP contribution >= 0.6 is 23.2 Å². The number of nitrogens with one attached hydrogen (secondary N) is 1. The third kappa shape index (κ3) is 4.13. The molecule has 0 aliphatic carbocycles. The molecule has 0 saturated carbocycles. The molecule has 1 N–H and O–H groups in total. The van der Waals surface area contributed by atoms with Crippen LogP contribution in [0, 0.1) is 0 Å². The molecular formula is C10H12Cl2N2O3S. The van der Waals surface area contributed by atoms with Crippen LogP contribution in [0.15, 0.2) is 18.2 Å². The first-order valence-corrected chi connectivity index (χ1v) is 7.47. The van der Waals surface area contributed by atoms with Gasteiger partial charge in [-0.2, -0.15) is 4.31 Å². The fourth-order valence-electron chi connectivity index (χ4n) is 1.11. The largest absolute Gasteiger partial charge is 0.324 e. The molecule has 0 saturated heterocycles. The minimum atomic E-state index is -3.40. The summed E-state index contributed by atoms with van der Waals surface area (Å²) in [6, 6.07) is 4.79. The van der Waals surface area contributed by atoms with Crippen molar-refractivity contribution in [3.05, 3.63) is 28.2 Å². The van der Waals surface area contributed by atoms with Crippen molar-refractivity contribution in [3.8, 4) is 0 Å². The Kier molecular flexibility index (Phi) is 4.98. The average molecular weight is 311 g/mol. The second-order valence-electron chi connectivity index (χ2n) is 3.67. The van der Waals surface area contributed by atoms with Crippen LogP contribution in [-0.4, -0.2) is 38.5 Å². The van der Waals surface area contributed by atoms with E-state index in [0.717, 1.165) is 10.6 Å². The second-order valence-corrected chi connectivity index (χ2v) is 6.54. The number of hydrogen-bond acceptors (Lipinski definition) is 3. The molecule has 0 heterocycles. The molecule has 0 unspecified atom stereocenters. The van der Waals surface area contributed by atoms with Gasteiger partial charge in [-0.15, -0.1) is 0 Å². The first kappa shape index (κ1) is 15.2. The SMILES string of the molecule is CN(CC(=O)Nc1cccc(Cl)c1Cl)S(C)(=O)=O. The van der Waals surface area contributed by atoms with E-state index in [4.69, 9.17) is 23.2 Å². The summed E-state index contributed by atoms with van der Waals surface area (Å²) in [5.41, 5.74) is 0.344. The van der Waals surface area contributed by atoms with E-state index in [1.807, 2.05) is 0 Å². The summed E-state index contributed by atoms with van der Waals surface area (Å²) in [6.07, 6.45) is 1.02. The zero-order valence-corrected chi connectivity index (χ0v) is 12.1. The molecule has 0 spiro atoms. The van der Waals surface area contributed by atoms with Crippen molar-refractivity contribution >= 4 is 44.8 Å². The number of carbonyl (C=O) groups excluding carboxylic acids is 1. The summed E-state index contributed by atoms with van der Waals surface area (Å²) in [4.78, 5) is 11.6. The van der Waals surface area contributed by atoms with Crippen molar-refractivity contribution in [2.24, 2.45) is 0 Å². The highest BCUT2D eigenvalue weighted by Gasteiger charge is 2.16. The molecule has 0 aliphatic rings. The average Bonchev–Trinajstić information content (AvgIpc) is 2.23. The lowest BCUT2D eigenvalue weighted by atomic mass is 10.3. The number of benzene rings is 1. The van der Waals surface area contributed by atoms with Crippen LogP contribution in [0.2, 0.25) is 10.0 Å². The molecule has 0 aromatic heterocycles. The predicted molar refractivity (Wildman–Crippen MR) is 72.6 cm³/mol. The van der Waals surface area contributed by atoms with Gasteiger partial charge < -0.3 is 5.32 Å². The maximum absolute atomic E-state index is 11.6. The van der Waals surface area contributed by atoms with E-state index in [-0.39, 0.29) is 11.6 Å². The van der Waals surface area contributed by atoms with Gasteiger partial charge in [-0.3, -0.25) is 4.79 Å². The highest BCUT2D eigenvalue weighted by atomic mass is 35.5. The molecular weight excluding hydrogens is 299 g/mol. The predicted octanol–water partition coefficient (Wildman–Crippen LogP) is 1.82. The summed E-state index contributed by atoms with van der Waals surface area (Å²) < 4.78 is 23.2. The molecule has 100 valence electrons.